The zero-order valence-corrected chi connectivity index (χ0v) is 14.4. The van der Waals surface area contributed by atoms with Crippen molar-refractivity contribution in [3.63, 3.8) is 0 Å². The van der Waals surface area contributed by atoms with E-state index in [0.29, 0.717) is 18.3 Å². The lowest BCUT2D eigenvalue weighted by molar-refractivity contribution is 0.174. The Balaban J connectivity index is 1.44. The first kappa shape index (κ1) is 17.2. The van der Waals surface area contributed by atoms with E-state index in [2.05, 4.69) is 20.4 Å². The summed E-state index contributed by atoms with van der Waals surface area (Å²) in [7, 11) is 1.58. The van der Waals surface area contributed by atoms with Crippen LogP contribution in [-0.4, -0.2) is 65.3 Å². The lowest BCUT2D eigenvalue weighted by Gasteiger charge is -2.27. The fraction of sp³-hybridized carbons (Fsp3) is 0.812. The zero-order chi connectivity index (χ0) is 16.8. The average Bonchev–Trinajstić information content (AvgIpc) is 3.21. The van der Waals surface area contributed by atoms with E-state index in [1.807, 2.05) is 4.90 Å². The van der Waals surface area contributed by atoms with E-state index in [4.69, 9.17) is 9.26 Å². The number of hydrogen-bond donors (Lipinski definition) is 1. The van der Waals surface area contributed by atoms with Crippen LogP contribution in [0.3, 0.4) is 0 Å². The van der Waals surface area contributed by atoms with Gasteiger partial charge in [0.25, 0.3) is 0 Å². The molecule has 0 atom stereocenters. The Morgan fingerprint density at radius 2 is 2.08 bits per heavy atom. The Morgan fingerprint density at radius 1 is 1.25 bits per heavy atom. The molecule has 0 bridgehead atoms. The third-order valence-corrected chi connectivity index (χ3v) is 4.83. The van der Waals surface area contributed by atoms with Crippen molar-refractivity contribution < 1.29 is 14.1 Å². The van der Waals surface area contributed by atoms with Crippen molar-refractivity contribution in [1.29, 1.82) is 0 Å². The number of aromatic nitrogens is 2. The van der Waals surface area contributed by atoms with Crippen LogP contribution in [0.4, 0.5) is 4.79 Å². The Kier molecular flexibility index (Phi) is 6.03. The minimum atomic E-state index is -0.0604. The molecule has 1 saturated carbocycles. The number of methoxy groups -OCH3 is 1. The number of nitrogens with zero attached hydrogens (tertiary/aromatic N) is 4. The van der Waals surface area contributed by atoms with Gasteiger partial charge in [0.15, 0.2) is 5.82 Å². The molecule has 2 amide bonds. The second kappa shape index (κ2) is 8.43. The van der Waals surface area contributed by atoms with Crippen LogP contribution >= 0.6 is 0 Å². The summed E-state index contributed by atoms with van der Waals surface area (Å²) in [6, 6.07) is 0.667. The fourth-order valence-corrected chi connectivity index (χ4v) is 3.59. The van der Waals surface area contributed by atoms with Gasteiger partial charge in [-0.15, -0.1) is 0 Å². The van der Waals surface area contributed by atoms with Gasteiger partial charge in [-0.3, -0.25) is 4.90 Å². The largest absolute Gasteiger partial charge is 0.377 e. The van der Waals surface area contributed by atoms with Gasteiger partial charge in [-0.25, -0.2) is 4.79 Å². The summed E-state index contributed by atoms with van der Waals surface area (Å²) in [5.41, 5.74) is 0. The summed E-state index contributed by atoms with van der Waals surface area (Å²) < 4.78 is 10.0. The van der Waals surface area contributed by atoms with Crippen LogP contribution < -0.4 is 5.32 Å². The van der Waals surface area contributed by atoms with E-state index >= 15 is 0 Å². The number of urea groups is 1. The first-order chi connectivity index (χ1) is 11.8. The first-order valence-corrected chi connectivity index (χ1v) is 8.83. The molecule has 2 aliphatic rings. The Morgan fingerprint density at radius 3 is 2.88 bits per heavy atom. The summed E-state index contributed by atoms with van der Waals surface area (Å²) in [5, 5.41) is 6.65. The van der Waals surface area contributed by atoms with E-state index in [1.165, 1.54) is 25.7 Å². The van der Waals surface area contributed by atoms with E-state index in [0.717, 1.165) is 38.6 Å². The highest BCUT2D eigenvalue weighted by atomic mass is 16.5. The first-order valence-electron chi connectivity index (χ1n) is 8.83. The number of rotatable bonds is 5. The van der Waals surface area contributed by atoms with Crippen molar-refractivity contribution in [2.45, 2.75) is 51.3 Å². The molecule has 0 aromatic carbocycles. The molecule has 8 nitrogen and oxygen atoms in total. The highest BCUT2D eigenvalue weighted by Gasteiger charge is 2.26. The van der Waals surface area contributed by atoms with E-state index in [1.54, 1.807) is 7.11 Å². The fourth-order valence-electron chi connectivity index (χ4n) is 3.59. The lowest BCUT2D eigenvalue weighted by Crippen LogP contribution is -2.42. The van der Waals surface area contributed by atoms with Crippen molar-refractivity contribution in [3.05, 3.63) is 11.7 Å². The van der Waals surface area contributed by atoms with Crippen molar-refractivity contribution in [2.75, 3.05) is 33.3 Å². The maximum Gasteiger partial charge on any atom is 0.317 e. The minimum absolute atomic E-state index is 0.0604. The molecule has 24 heavy (non-hydrogen) atoms. The molecule has 2 heterocycles. The zero-order valence-electron chi connectivity index (χ0n) is 14.4. The van der Waals surface area contributed by atoms with Crippen LogP contribution in [0, 0.1) is 0 Å². The van der Waals surface area contributed by atoms with Crippen molar-refractivity contribution in [3.8, 4) is 0 Å². The number of carbonyl (C=O) groups excluding carboxylic acids is 1. The molecule has 8 heteroatoms. The number of ether oxygens (including phenoxy) is 1. The standard InChI is InChI=1S/C16H27N5O3/c1-23-12-14-18-15(24-19-14)11-17-16(22)21-8-4-7-20(9-10-21)13-5-2-3-6-13/h13H,2-12H2,1H3,(H,17,22). The van der Waals surface area contributed by atoms with Gasteiger partial charge >= 0.3 is 6.03 Å². The monoisotopic (exact) mass is 337 g/mol. The lowest BCUT2D eigenvalue weighted by atomic mass is 10.2. The highest BCUT2D eigenvalue weighted by molar-refractivity contribution is 5.74. The number of hydrogen-bond acceptors (Lipinski definition) is 6. The summed E-state index contributed by atoms with van der Waals surface area (Å²) >= 11 is 0. The number of nitrogens with one attached hydrogen (secondary N) is 1. The van der Waals surface area contributed by atoms with Crippen molar-refractivity contribution >= 4 is 6.03 Å². The molecule has 1 saturated heterocycles. The molecule has 134 valence electrons. The number of carbonyl (C=O) groups is 1. The molecule has 0 spiro atoms. The predicted octanol–water partition coefficient (Wildman–Crippen LogP) is 1.38. The third kappa shape index (κ3) is 4.45. The summed E-state index contributed by atoms with van der Waals surface area (Å²) in [6.45, 7) is 4.20. The van der Waals surface area contributed by atoms with Gasteiger partial charge in [-0.1, -0.05) is 18.0 Å². The second-order valence-corrected chi connectivity index (χ2v) is 6.51. The van der Waals surface area contributed by atoms with Crippen LogP contribution in [0.5, 0.6) is 0 Å². The minimum Gasteiger partial charge on any atom is -0.377 e. The number of amides is 2. The SMILES string of the molecule is COCc1noc(CNC(=O)N2CCCN(C3CCCC3)CC2)n1. The molecular formula is C16H27N5O3. The molecule has 0 radical (unpaired) electrons. The van der Waals surface area contributed by atoms with Crippen LogP contribution in [0.15, 0.2) is 4.52 Å². The maximum absolute atomic E-state index is 12.4. The van der Waals surface area contributed by atoms with E-state index < -0.39 is 0 Å². The van der Waals surface area contributed by atoms with Crippen LogP contribution in [0.2, 0.25) is 0 Å². The predicted molar refractivity (Wildman–Crippen MR) is 87.3 cm³/mol. The average molecular weight is 337 g/mol. The van der Waals surface area contributed by atoms with E-state index in [9.17, 15) is 4.79 Å². The summed E-state index contributed by atoms with van der Waals surface area (Å²) in [6.07, 6.45) is 6.35. The van der Waals surface area contributed by atoms with Gasteiger partial charge in [0.1, 0.15) is 6.61 Å². The topological polar surface area (TPSA) is 83.7 Å². The molecule has 0 unspecified atom stereocenters. The summed E-state index contributed by atoms with van der Waals surface area (Å²) in [4.78, 5) is 21.0. The molecule has 2 fully saturated rings. The smallest absolute Gasteiger partial charge is 0.317 e. The van der Waals surface area contributed by atoms with Crippen molar-refractivity contribution in [1.82, 2.24) is 25.3 Å². The van der Waals surface area contributed by atoms with Crippen LogP contribution in [-0.2, 0) is 17.9 Å². The molecule has 1 aliphatic carbocycles. The van der Waals surface area contributed by atoms with Gasteiger partial charge in [0.05, 0.1) is 6.54 Å². The third-order valence-electron chi connectivity index (χ3n) is 4.83. The molecule has 3 rings (SSSR count). The molecule has 1 aromatic heterocycles. The Hall–Kier alpha value is -1.67. The Labute approximate surface area is 142 Å². The quantitative estimate of drug-likeness (QED) is 0.874. The molecule has 1 aromatic rings. The van der Waals surface area contributed by atoms with Crippen LogP contribution in [0.25, 0.3) is 0 Å². The molecular weight excluding hydrogens is 310 g/mol. The van der Waals surface area contributed by atoms with Gasteiger partial charge in [-0.05, 0) is 19.3 Å². The van der Waals surface area contributed by atoms with Gasteiger partial charge < -0.3 is 19.5 Å². The van der Waals surface area contributed by atoms with Gasteiger partial charge in [-0.2, -0.15) is 4.98 Å². The second-order valence-electron chi connectivity index (χ2n) is 6.51. The van der Waals surface area contributed by atoms with E-state index in [-0.39, 0.29) is 12.6 Å². The highest BCUT2D eigenvalue weighted by Crippen LogP contribution is 2.24. The summed E-state index contributed by atoms with van der Waals surface area (Å²) in [5.74, 6) is 0.890. The maximum atomic E-state index is 12.4. The normalized spacial score (nSPS) is 20.3. The molecule has 1 aliphatic heterocycles. The van der Waals surface area contributed by atoms with Crippen LogP contribution in [0.1, 0.15) is 43.8 Å². The Bertz CT molecular complexity index is 530. The van der Waals surface area contributed by atoms with Gasteiger partial charge in [0.2, 0.25) is 5.89 Å². The van der Waals surface area contributed by atoms with Crippen molar-refractivity contribution in [2.24, 2.45) is 0 Å². The van der Waals surface area contributed by atoms with Gasteiger partial charge in [0, 0.05) is 39.3 Å². The molecule has 1 N–H and O–H groups in total.